The number of hydrogen-bond acceptors (Lipinski definition) is 4. The third-order valence-electron chi connectivity index (χ3n) is 5.26. The Balaban J connectivity index is 0.000000199. The molecule has 2 aromatic carbocycles. The SMILES string of the molecule is CC(C)C(=O)c1ccc2ccc3cccnc3c2n1.CCc1cccc(CC)c1N. The highest BCUT2D eigenvalue weighted by molar-refractivity contribution is 6.05. The second kappa shape index (κ2) is 9.49. The summed E-state index contributed by atoms with van der Waals surface area (Å²) < 4.78 is 0. The molecule has 0 saturated carbocycles. The van der Waals surface area contributed by atoms with E-state index < -0.39 is 0 Å². The summed E-state index contributed by atoms with van der Waals surface area (Å²) >= 11 is 0. The van der Waals surface area contributed by atoms with Gasteiger partial charge in [0, 0.05) is 28.6 Å². The van der Waals surface area contributed by atoms with Gasteiger partial charge in [0.2, 0.25) is 0 Å². The Bertz CT molecular complexity index is 1160. The number of carbonyl (C=O) groups is 1. The fourth-order valence-corrected chi connectivity index (χ4v) is 3.44. The summed E-state index contributed by atoms with van der Waals surface area (Å²) in [6.07, 6.45) is 3.81. The molecule has 4 nitrogen and oxygen atoms in total. The fraction of sp³-hybridized carbons (Fsp3) is 0.269. The first-order valence-electron chi connectivity index (χ1n) is 10.5. The Kier molecular flexibility index (Phi) is 6.78. The van der Waals surface area contributed by atoms with E-state index in [1.54, 1.807) is 12.3 Å². The zero-order chi connectivity index (χ0) is 21.7. The first-order chi connectivity index (χ1) is 14.5. The summed E-state index contributed by atoms with van der Waals surface area (Å²) in [5.74, 6) is 0.0164. The van der Waals surface area contributed by atoms with E-state index in [1.165, 1.54) is 11.1 Å². The molecule has 154 valence electrons. The zero-order valence-electron chi connectivity index (χ0n) is 18.1. The third kappa shape index (κ3) is 4.48. The average molecular weight is 400 g/mol. The van der Waals surface area contributed by atoms with E-state index in [0.29, 0.717) is 5.69 Å². The Morgan fingerprint density at radius 2 is 1.47 bits per heavy atom. The maximum Gasteiger partial charge on any atom is 0.183 e. The molecule has 0 spiro atoms. The van der Waals surface area contributed by atoms with Gasteiger partial charge in [-0.3, -0.25) is 9.78 Å². The monoisotopic (exact) mass is 399 g/mol. The van der Waals surface area contributed by atoms with Crippen molar-refractivity contribution in [2.75, 3.05) is 5.73 Å². The van der Waals surface area contributed by atoms with E-state index in [-0.39, 0.29) is 11.7 Å². The highest BCUT2D eigenvalue weighted by Gasteiger charge is 2.13. The van der Waals surface area contributed by atoms with Crippen molar-refractivity contribution in [1.82, 2.24) is 9.97 Å². The first-order valence-corrected chi connectivity index (χ1v) is 10.5. The van der Waals surface area contributed by atoms with Gasteiger partial charge in [-0.15, -0.1) is 0 Å². The average Bonchev–Trinajstić information content (AvgIpc) is 2.78. The number of nitrogen functional groups attached to an aromatic ring is 1. The lowest BCUT2D eigenvalue weighted by molar-refractivity contribution is 0.0935. The van der Waals surface area contributed by atoms with E-state index in [1.807, 2.05) is 44.2 Å². The molecule has 4 heteroatoms. The molecular weight excluding hydrogens is 370 g/mol. The maximum absolute atomic E-state index is 12.0. The third-order valence-corrected chi connectivity index (χ3v) is 5.26. The van der Waals surface area contributed by atoms with E-state index in [0.717, 1.165) is 40.3 Å². The second-order valence-electron chi connectivity index (χ2n) is 7.62. The molecular formula is C26H29N3O. The summed E-state index contributed by atoms with van der Waals surface area (Å²) in [6.45, 7) is 8.03. The van der Waals surface area contributed by atoms with Crippen LogP contribution in [-0.4, -0.2) is 15.8 Å². The fourth-order valence-electron chi connectivity index (χ4n) is 3.44. The molecule has 0 aliphatic heterocycles. The molecule has 4 aromatic rings. The van der Waals surface area contributed by atoms with Gasteiger partial charge < -0.3 is 5.73 Å². The highest BCUT2D eigenvalue weighted by Crippen LogP contribution is 2.23. The predicted molar refractivity (Wildman–Crippen MR) is 126 cm³/mol. The minimum Gasteiger partial charge on any atom is -0.398 e. The van der Waals surface area contributed by atoms with Crippen LogP contribution in [-0.2, 0) is 12.8 Å². The van der Waals surface area contributed by atoms with Crippen LogP contribution in [0, 0.1) is 5.92 Å². The van der Waals surface area contributed by atoms with Crippen molar-refractivity contribution in [3.63, 3.8) is 0 Å². The van der Waals surface area contributed by atoms with Crippen LogP contribution in [0.15, 0.2) is 60.8 Å². The first kappa shape index (κ1) is 21.4. The van der Waals surface area contributed by atoms with E-state index in [9.17, 15) is 4.79 Å². The van der Waals surface area contributed by atoms with Crippen LogP contribution in [0.4, 0.5) is 5.69 Å². The van der Waals surface area contributed by atoms with Crippen LogP contribution < -0.4 is 5.73 Å². The number of nitrogens with zero attached hydrogens (tertiary/aromatic N) is 2. The second-order valence-corrected chi connectivity index (χ2v) is 7.62. The number of pyridine rings is 2. The quantitative estimate of drug-likeness (QED) is 0.259. The van der Waals surface area contributed by atoms with Crippen LogP contribution in [0.3, 0.4) is 0 Å². The minimum atomic E-state index is -0.0483. The van der Waals surface area contributed by atoms with Gasteiger partial charge in [0.15, 0.2) is 5.78 Å². The number of hydrogen-bond donors (Lipinski definition) is 1. The molecule has 2 heterocycles. The van der Waals surface area contributed by atoms with Crippen LogP contribution in [0.5, 0.6) is 0 Å². The Morgan fingerprint density at radius 3 is 2.07 bits per heavy atom. The van der Waals surface area contributed by atoms with Crippen molar-refractivity contribution in [2.24, 2.45) is 5.92 Å². The van der Waals surface area contributed by atoms with Gasteiger partial charge in [-0.05, 0) is 36.1 Å². The van der Waals surface area contributed by atoms with Crippen molar-refractivity contribution in [3.8, 4) is 0 Å². The van der Waals surface area contributed by atoms with Gasteiger partial charge in [0.05, 0.1) is 11.0 Å². The standard InChI is InChI=1S/C16H14N2O.C10H15N/c1-10(2)16(19)13-8-7-12-6-5-11-4-3-9-17-14(11)15(12)18-13;1-3-8-6-5-7-9(4-2)10(8)11/h3-10H,1-2H3;5-7H,3-4,11H2,1-2H3. The zero-order valence-corrected chi connectivity index (χ0v) is 18.1. The van der Waals surface area contributed by atoms with Crippen molar-refractivity contribution < 1.29 is 4.79 Å². The molecule has 0 aliphatic carbocycles. The van der Waals surface area contributed by atoms with Crippen molar-refractivity contribution >= 4 is 33.3 Å². The molecule has 0 bridgehead atoms. The molecule has 0 aliphatic rings. The van der Waals surface area contributed by atoms with Crippen molar-refractivity contribution in [1.29, 1.82) is 0 Å². The molecule has 0 unspecified atom stereocenters. The number of rotatable bonds is 4. The molecule has 0 radical (unpaired) electrons. The normalized spacial score (nSPS) is 10.8. The largest absolute Gasteiger partial charge is 0.398 e. The molecule has 4 rings (SSSR count). The highest BCUT2D eigenvalue weighted by atomic mass is 16.1. The van der Waals surface area contributed by atoms with Gasteiger partial charge in [-0.2, -0.15) is 0 Å². The summed E-state index contributed by atoms with van der Waals surface area (Å²) in [4.78, 5) is 20.9. The lowest BCUT2D eigenvalue weighted by Crippen LogP contribution is -2.09. The summed E-state index contributed by atoms with van der Waals surface area (Å²) in [6, 6.07) is 17.9. The number of para-hydroxylation sites is 1. The number of nitrogens with two attached hydrogens (primary N) is 1. The van der Waals surface area contributed by atoms with Gasteiger partial charge in [-0.1, -0.05) is 70.2 Å². The van der Waals surface area contributed by atoms with Crippen LogP contribution in [0.1, 0.15) is 49.3 Å². The number of ketones is 1. The molecule has 2 N–H and O–H groups in total. The Labute approximate surface area is 178 Å². The molecule has 30 heavy (non-hydrogen) atoms. The molecule has 0 atom stereocenters. The number of fused-ring (bicyclic) bond motifs is 3. The topological polar surface area (TPSA) is 68.9 Å². The minimum absolute atomic E-state index is 0.0483. The van der Waals surface area contributed by atoms with Gasteiger partial charge in [0.25, 0.3) is 0 Å². The summed E-state index contributed by atoms with van der Waals surface area (Å²) in [5.41, 5.74) is 11.6. The van der Waals surface area contributed by atoms with E-state index in [4.69, 9.17) is 5.73 Å². The van der Waals surface area contributed by atoms with Crippen molar-refractivity contribution in [2.45, 2.75) is 40.5 Å². The number of Topliss-reactive ketones (excluding diaryl/α,β-unsaturated/α-hetero) is 1. The number of benzene rings is 2. The van der Waals surface area contributed by atoms with Gasteiger partial charge in [-0.25, -0.2) is 4.98 Å². The van der Waals surface area contributed by atoms with Gasteiger partial charge >= 0.3 is 0 Å². The number of aromatic nitrogens is 2. The maximum atomic E-state index is 12.0. The molecule has 0 fully saturated rings. The lowest BCUT2D eigenvalue weighted by Gasteiger charge is -2.06. The summed E-state index contributed by atoms with van der Waals surface area (Å²) in [5, 5.41) is 2.04. The Morgan fingerprint density at radius 1 is 0.867 bits per heavy atom. The Hall–Kier alpha value is -3.27. The summed E-state index contributed by atoms with van der Waals surface area (Å²) in [7, 11) is 0. The lowest BCUT2D eigenvalue weighted by atomic mass is 10.0. The number of aryl methyl sites for hydroxylation is 2. The van der Waals surface area contributed by atoms with Crippen molar-refractivity contribution in [3.05, 3.63) is 77.6 Å². The van der Waals surface area contributed by atoms with Crippen LogP contribution in [0.25, 0.3) is 21.8 Å². The molecule has 0 amide bonds. The van der Waals surface area contributed by atoms with E-state index in [2.05, 4.69) is 42.0 Å². The number of anilines is 1. The van der Waals surface area contributed by atoms with E-state index >= 15 is 0 Å². The van der Waals surface area contributed by atoms with Crippen LogP contribution in [0.2, 0.25) is 0 Å². The van der Waals surface area contributed by atoms with Gasteiger partial charge in [0.1, 0.15) is 5.69 Å². The predicted octanol–water partition coefficient (Wildman–Crippen LogP) is 6.02. The smallest absolute Gasteiger partial charge is 0.183 e. The van der Waals surface area contributed by atoms with Crippen LogP contribution >= 0.6 is 0 Å². The molecule has 0 saturated heterocycles. The number of carbonyl (C=O) groups excluding carboxylic acids is 1. The molecule has 2 aromatic heterocycles.